The highest BCUT2D eigenvalue weighted by Crippen LogP contribution is 2.29. The van der Waals surface area contributed by atoms with E-state index in [4.69, 9.17) is 4.74 Å². The van der Waals surface area contributed by atoms with Gasteiger partial charge in [0.25, 0.3) is 0 Å². The lowest BCUT2D eigenvalue weighted by Crippen LogP contribution is -2.25. The van der Waals surface area contributed by atoms with E-state index in [0.717, 1.165) is 12.1 Å². The first kappa shape index (κ1) is 15.9. The highest BCUT2D eigenvalue weighted by molar-refractivity contribution is 5.26. The molecule has 0 saturated carbocycles. The molecule has 1 rings (SSSR count). The van der Waals surface area contributed by atoms with E-state index in [1.807, 2.05) is 6.92 Å². The lowest BCUT2D eigenvalue weighted by atomic mass is 10.1. The van der Waals surface area contributed by atoms with Gasteiger partial charge in [-0.1, -0.05) is 12.1 Å². The summed E-state index contributed by atoms with van der Waals surface area (Å²) >= 11 is 0. The Morgan fingerprint density at radius 1 is 1.26 bits per heavy atom. The summed E-state index contributed by atoms with van der Waals surface area (Å²) in [5.74, 6) is 0. The van der Waals surface area contributed by atoms with Crippen LogP contribution in [0, 0.1) is 0 Å². The van der Waals surface area contributed by atoms with Crippen LogP contribution in [0.3, 0.4) is 0 Å². The summed E-state index contributed by atoms with van der Waals surface area (Å²) in [7, 11) is 0. The molecular weight excluding hydrogens is 259 g/mol. The molecule has 108 valence electrons. The van der Waals surface area contributed by atoms with Crippen molar-refractivity contribution in [3.05, 3.63) is 35.4 Å². The number of aliphatic hydroxyl groups excluding tert-OH is 1. The summed E-state index contributed by atoms with van der Waals surface area (Å²) in [5, 5.41) is 12.8. The van der Waals surface area contributed by atoms with Gasteiger partial charge in [0.2, 0.25) is 0 Å². The zero-order valence-electron chi connectivity index (χ0n) is 10.7. The van der Waals surface area contributed by atoms with Crippen molar-refractivity contribution >= 4 is 0 Å². The van der Waals surface area contributed by atoms with Gasteiger partial charge in [0.05, 0.1) is 18.3 Å². The molecule has 6 heteroatoms. The number of ether oxygens (including phenoxy) is 1. The molecular formula is C13H18F3NO2. The zero-order chi connectivity index (χ0) is 14.3. The van der Waals surface area contributed by atoms with Gasteiger partial charge in [-0.2, -0.15) is 13.2 Å². The Kier molecular flexibility index (Phi) is 6.27. The molecule has 0 saturated heterocycles. The Morgan fingerprint density at radius 3 is 2.42 bits per heavy atom. The van der Waals surface area contributed by atoms with Crippen LogP contribution in [-0.2, 0) is 10.9 Å². The van der Waals surface area contributed by atoms with Crippen LogP contribution in [0.25, 0.3) is 0 Å². The topological polar surface area (TPSA) is 41.5 Å². The van der Waals surface area contributed by atoms with Crippen LogP contribution in [0.2, 0.25) is 0 Å². The standard InChI is InChI=1S/C13H18F3NO2/c1-2-19-8-7-17-9-12(18)10-3-5-11(6-4-10)13(14,15)16/h3-6,12,17-18H,2,7-9H2,1H3. The van der Waals surface area contributed by atoms with Crippen molar-refractivity contribution in [1.29, 1.82) is 0 Å². The summed E-state index contributed by atoms with van der Waals surface area (Å²) in [5.41, 5.74) is -0.260. The van der Waals surface area contributed by atoms with Crippen molar-refractivity contribution in [3.8, 4) is 0 Å². The quantitative estimate of drug-likeness (QED) is 0.752. The van der Waals surface area contributed by atoms with E-state index in [9.17, 15) is 18.3 Å². The molecule has 0 heterocycles. The van der Waals surface area contributed by atoms with Gasteiger partial charge in [-0.15, -0.1) is 0 Å². The van der Waals surface area contributed by atoms with Gasteiger partial charge in [-0.3, -0.25) is 0 Å². The number of alkyl halides is 3. The predicted molar refractivity (Wildman–Crippen MR) is 65.8 cm³/mol. The SMILES string of the molecule is CCOCCNCC(O)c1ccc(C(F)(F)F)cc1. The lowest BCUT2D eigenvalue weighted by Gasteiger charge is -2.13. The molecule has 19 heavy (non-hydrogen) atoms. The van der Waals surface area contributed by atoms with Crippen molar-refractivity contribution in [2.45, 2.75) is 19.2 Å². The number of benzene rings is 1. The maximum atomic E-state index is 12.4. The number of rotatable bonds is 7. The van der Waals surface area contributed by atoms with Crippen molar-refractivity contribution in [2.75, 3.05) is 26.3 Å². The largest absolute Gasteiger partial charge is 0.416 e. The molecule has 2 N–H and O–H groups in total. The van der Waals surface area contributed by atoms with E-state index in [1.54, 1.807) is 0 Å². The maximum absolute atomic E-state index is 12.4. The molecule has 0 aliphatic heterocycles. The van der Waals surface area contributed by atoms with E-state index in [-0.39, 0.29) is 6.54 Å². The molecule has 0 bridgehead atoms. The van der Waals surface area contributed by atoms with E-state index in [2.05, 4.69) is 5.32 Å². The molecule has 1 unspecified atom stereocenters. The smallest absolute Gasteiger partial charge is 0.387 e. The van der Waals surface area contributed by atoms with Crippen LogP contribution in [0.5, 0.6) is 0 Å². The van der Waals surface area contributed by atoms with Crippen molar-refractivity contribution < 1.29 is 23.0 Å². The summed E-state index contributed by atoms with van der Waals surface area (Å²) in [4.78, 5) is 0. The molecule has 0 aromatic heterocycles. The van der Waals surface area contributed by atoms with Crippen LogP contribution in [-0.4, -0.2) is 31.4 Å². The minimum absolute atomic E-state index is 0.276. The summed E-state index contributed by atoms with van der Waals surface area (Å²) in [6, 6.07) is 4.52. The molecule has 0 fully saturated rings. The first-order valence-corrected chi connectivity index (χ1v) is 6.09. The van der Waals surface area contributed by atoms with E-state index < -0.39 is 17.8 Å². The Bertz CT molecular complexity index is 365. The van der Waals surface area contributed by atoms with Gasteiger partial charge in [0, 0.05) is 19.7 Å². The molecule has 0 spiro atoms. The molecule has 1 aromatic carbocycles. The minimum Gasteiger partial charge on any atom is -0.387 e. The third-order valence-corrected chi connectivity index (χ3v) is 2.59. The average Bonchev–Trinajstić information content (AvgIpc) is 2.37. The fourth-order valence-corrected chi connectivity index (χ4v) is 1.54. The van der Waals surface area contributed by atoms with Gasteiger partial charge >= 0.3 is 6.18 Å². The third-order valence-electron chi connectivity index (χ3n) is 2.59. The lowest BCUT2D eigenvalue weighted by molar-refractivity contribution is -0.137. The van der Waals surface area contributed by atoms with Crippen molar-refractivity contribution in [1.82, 2.24) is 5.32 Å². The molecule has 0 amide bonds. The van der Waals surface area contributed by atoms with Gasteiger partial charge < -0.3 is 15.2 Å². The molecule has 1 atom stereocenters. The van der Waals surface area contributed by atoms with Crippen molar-refractivity contribution in [3.63, 3.8) is 0 Å². The van der Waals surface area contributed by atoms with Crippen LogP contribution >= 0.6 is 0 Å². The van der Waals surface area contributed by atoms with Gasteiger partial charge in [0.1, 0.15) is 0 Å². The second-order valence-corrected chi connectivity index (χ2v) is 4.04. The zero-order valence-corrected chi connectivity index (χ0v) is 10.7. The number of nitrogens with one attached hydrogen (secondary N) is 1. The summed E-state index contributed by atoms with van der Waals surface area (Å²) in [6.07, 6.45) is -5.18. The molecule has 0 radical (unpaired) electrons. The number of halogens is 3. The number of aliphatic hydroxyl groups is 1. The van der Waals surface area contributed by atoms with Gasteiger partial charge in [-0.25, -0.2) is 0 Å². The second-order valence-electron chi connectivity index (χ2n) is 4.04. The first-order chi connectivity index (χ1) is 8.95. The van der Waals surface area contributed by atoms with Crippen LogP contribution in [0.15, 0.2) is 24.3 Å². The Morgan fingerprint density at radius 2 is 1.89 bits per heavy atom. The molecule has 0 aliphatic rings. The first-order valence-electron chi connectivity index (χ1n) is 6.09. The van der Waals surface area contributed by atoms with Crippen molar-refractivity contribution in [2.24, 2.45) is 0 Å². The van der Waals surface area contributed by atoms with E-state index >= 15 is 0 Å². The Balaban J connectivity index is 2.42. The van der Waals surface area contributed by atoms with Crippen LogP contribution in [0.4, 0.5) is 13.2 Å². The number of hydrogen-bond acceptors (Lipinski definition) is 3. The molecule has 1 aromatic rings. The monoisotopic (exact) mass is 277 g/mol. The van der Waals surface area contributed by atoms with Crippen LogP contribution in [0.1, 0.15) is 24.2 Å². The summed E-state index contributed by atoms with van der Waals surface area (Å²) in [6.45, 7) is 3.92. The second kappa shape index (κ2) is 7.47. The minimum atomic E-state index is -4.35. The highest BCUT2D eigenvalue weighted by Gasteiger charge is 2.30. The van der Waals surface area contributed by atoms with Gasteiger partial charge in [0.15, 0.2) is 0 Å². The average molecular weight is 277 g/mol. The fraction of sp³-hybridized carbons (Fsp3) is 0.538. The maximum Gasteiger partial charge on any atom is 0.416 e. The van der Waals surface area contributed by atoms with Crippen LogP contribution < -0.4 is 5.32 Å². The van der Waals surface area contributed by atoms with E-state index in [0.29, 0.717) is 25.3 Å². The predicted octanol–water partition coefficient (Wildman–Crippen LogP) is 2.36. The highest BCUT2D eigenvalue weighted by atomic mass is 19.4. The summed E-state index contributed by atoms with van der Waals surface area (Å²) < 4.78 is 42.2. The van der Waals surface area contributed by atoms with Gasteiger partial charge in [-0.05, 0) is 24.6 Å². The fourth-order valence-electron chi connectivity index (χ4n) is 1.54. The third kappa shape index (κ3) is 5.59. The normalized spacial score (nSPS) is 13.5. The molecule has 3 nitrogen and oxygen atoms in total. The molecule has 0 aliphatic carbocycles. The Hall–Kier alpha value is -1.11. The number of hydrogen-bond donors (Lipinski definition) is 2. The van der Waals surface area contributed by atoms with E-state index in [1.165, 1.54) is 12.1 Å². The Labute approximate surface area is 110 Å².